The van der Waals surface area contributed by atoms with Gasteiger partial charge >= 0.3 is 0 Å². The quantitative estimate of drug-likeness (QED) is 0.819. The lowest BCUT2D eigenvalue weighted by Crippen LogP contribution is -2.40. The minimum absolute atomic E-state index is 0.0634. The minimum Gasteiger partial charge on any atom is -0.353 e. The standard InChI is InChI=1S/C18H24N3O3P/c1-25(2,24)13-7-5-6-12(10-13)19-17(22)11-16-14-8-3-4-9-15(14)18(23)21-20-16/h3-4,8-9,12-13H,5-7,10-11H2,1-2H3,(H,19,22)(H,21,23). The molecule has 2 unspecified atom stereocenters. The van der Waals surface area contributed by atoms with Crippen molar-refractivity contribution in [3.05, 3.63) is 40.3 Å². The zero-order chi connectivity index (χ0) is 18.0. The zero-order valence-corrected chi connectivity index (χ0v) is 15.5. The number of aromatic amines is 1. The van der Waals surface area contributed by atoms with Crippen LogP contribution in [0, 0.1) is 0 Å². The van der Waals surface area contributed by atoms with Gasteiger partial charge in [-0.2, -0.15) is 5.10 Å². The number of hydrogen-bond acceptors (Lipinski definition) is 4. The molecule has 1 aliphatic rings. The summed E-state index contributed by atoms with van der Waals surface area (Å²) in [5.74, 6) is -0.114. The first kappa shape index (κ1) is 17.9. The molecule has 134 valence electrons. The number of H-pyrrole nitrogens is 1. The van der Waals surface area contributed by atoms with Crippen LogP contribution in [0.25, 0.3) is 10.8 Å². The number of hydrogen-bond donors (Lipinski definition) is 2. The van der Waals surface area contributed by atoms with Crippen molar-refractivity contribution in [1.82, 2.24) is 15.5 Å². The van der Waals surface area contributed by atoms with E-state index in [4.69, 9.17) is 0 Å². The smallest absolute Gasteiger partial charge is 0.272 e. The van der Waals surface area contributed by atoms with Crippen molar-refractivity contribution in [3.63, 3.8) is 0 Å². The van der Waals surface area contributed by atoms with Crippen LogP contribution in [0.2, 0.25) is 0 Å². The summed E-state index contributed by atoms with van der Waals surface area (Å²) in [6, 6.07) is 7.21. The van der Waals surface area contributed by atoms with Gasteiger partial charge in [-0.1, -0.05) is 24.6 Å². The third-order valence-corrected chi connectivity index (χ3v) is 7.22. The lowest BCUT2D eigenvalue weighted by atomic mass is 9.94. The lowest BCUT2D eigenvalue weighted by molar-refractivity contribution is -0.121. The number of nitrogens with zero attached hydrogens (tertiary/aromatic N) is 1. The average molecular weight is 361 g/mol. The lowest BCUT2D eigenvalue weighted by Gasteiger charge is -2.32. The van der Waals surface area contributed by atoms with Crippen LogP contribution in [0.3, 0.4) is 0 Å². The molecule has 1 aromatic heterocycles. The molecule has 2 atom stereocenters. The summed E-state index contributed by atoms with van der Waals surface area (Å²) in [6.45, 7) is 3.66. The number of nitrogens with one attached hydrogen (secondary N) is 2. The molecule has 0 radical (unpaired) electrons. The number of carbonyl (C=O) groups is 1. The van der Waals surface area contributed by atoms with Crippen LogP contribution in [0.4, 0.5) is 0 Å². The van der Waals surface area contributed by atoms with Crippen LogP contribution in [0.15, 0.2) is 29.1 Å². The Morgan fingerprint density at radius 1 is 1.28 bits per heavy atom. The highest BCUT2D eigenvalue weighted by molar-refractivity contribution is 7.63. The molecule has 0 spiro atoms. The van der Waals surface area contributed by atoms with Crippen molar-refractivity contribution in [2.24, 2.45) is 0 Å². The van der Waals surface area contributed by atoms with Gasteiger partial charge in [-0.15, -0.1) is 0 Å². The summed E-state index contributed by atoms with van der Waals surface area (Å²) in [5.41, 5.74) is 0.506. The molecule has 2 N–H and O–H groups in total. The Hall–Kier alpha value is -1.94. The maximum Gasteiger partial charge on any atom is 0.272 e. The average Bonchev–Trinajstić information content (AvgIpc) is 2.57. The van der Waals surface area contributed by atoms with E-state index in [0.717, 1.165) is 25.7 Å². The molecule has 2 aromatic rings. The fraction of sp³-hybridized carbons (Fsp3) is 0.500. The number of carbonyl (C=O) groups excluding carboxylic acids is 1. The first-order valence-electron chi connectivity index (χ1n) is 8.65. The van der Waals surface area contributed by atoms with Crippen LogP contribution in [0.5, 0.6) is 0 Å². The summed E-state index contributed by atoms with van der Waals surface area (Å²) >= 11 is 0. The SMILES string of the molecule is CP(C)(=O)C1CCCC(NC(=O)Cc2n[nH]c(=O)c3ccccc23)C1. The Morgan fingerprint density at radius 2 is 2.00 bits per heavy atom. The number of aromatic nitrogens is 2. The van der Waals surface area contributed by atoms with E-state index in [-0.39, 0.29) is 29.6 Å². The molecule has 3 rings (SSSR count). The molecule has 1 fully saturated rings. The van der Waals surface area contributed by atoms with Crippen LogP contribution < -0.4 is 10.9 Å². The summed E-state index contributed by atoms with van der Waals surface area (Å²) < 4.78 is 12.3. The molecule has 6 nitrogen and oxygen atoms in total. The molecule has 1 heterocycles. The van der Waals surface area contributed by atoms with Gasteiger partial charge in [-0.05, 0) is 38.7 Å². The first-order valence-corrected chi connectivity index (χ1v) is 11.3. The summed E-state index contributed by atoms with van der Waals surface area (Å²) in [6.07, 6.45) is 3.77. The molecule has 0 aliphatic heterocycles. The van der Waals surface area contributed by atoms with Crippen molar-refractivity contribution < 1.29 is 9.36 Å². The molecular formula is C18H24N3O3P. The normalized spacial score (nSPS) is 21.2. The van der Waals surface area contributed by atoms with Gasteiger partial charge in [0.1, 0.15) is 0 Å². The highest BCUT2D eigenvalue weighted by Gasteiger charge is 2.30. The Kier molecular flexibility index (Phi) is 5.09. The Balaban J connectivity index is 1.70. The predicted octanol–water partition coefficient (Wildman–Crippen LogP) is 2.52. The fourth-order valence-corrected chi connectivity index (χ4v) is 5.16. The second-order valence-electron chi connectivity index (χ2n) is 7.24. The van der Waals surface area contributed by atoms with E-state index in [1.165, 1.54) is 0 Å². The molecule has 1 amide bonds. The van der Waals surface area contributed by atoms with E-state index in [1.807, 2.05) is 19.4 Å². The van der Waals surface area contributed by atoms with Crippen molar-refractivity contribution in [1.29, 1.82) is 0 Å². The van der Waals surface area contributed by atoms with Gasteiger partial charge in [0.2, 0.25) is 5.91 Å². The predicted molar refractivity (Wildman–Crippen MR) is 99.7 cm³/mol. The van der Waals surface area contributed by atoms with Crippen molar-refractivity contribution in [2.45, 2.75) is 43.8 Å². The largest absolute Gasteiger partial charge is 0.353 e. The Morgan fingerprint density at radius 3 is 2.72 bits per heavy atom. The molecule has 1 aromatic carbocycles. The van der Waals surface area contributed by atoms with Gasteiger partial charge in [-0.25, -0.2) is 5.10 Å². The van der Waals surface area contributed by atoms with E-state index in [0.29, 0.717) is 16.5 Å². The third kappa shape index (κ3) is 4.18. The van der Waals surface area contributed by atoms with E-state index < -0.39 is 7.14 Å². The maximum absolute atomic E-state index is 12.5. The fourth-order valence-electron chi connectivity index (χ4n) is 3.60. The molecule has 1 saturated carbocycles. The molecule has 1 aliphatic carbocycles. The first-order chi connectivity index (χ1) is 11.8. The summed E-state index contributed by atoms with van der Waals surface area (Å²) in [4.78, 5) is 24.3. The van der Waals surface area contributed by atoms with Gasteiger partial charge in [0.15, 0.2) is 0 Å². The molecule has 0 saturated heterocycles. The monoisotopic (exact) mass is 361 g/mol. The van der Waals surface area contributed by atoms with Gasteiger partial charge in [0, 0.05) is 17.1 Å². The van der Waals surface area contributed by atoms with Crippen LogP contribution in [0.1, 0.15) is 31.4 Å². The van der Waals surface area contributed by atoms with Crippen molar-refractivity contribution in [2.75, 3.05) is 13.3 Å². The minimum atomic E-state index is -2.13. The topological polar surface area (TPSA) is 91.9 Å². The third-order valence-electron chi connectivity index (χ3n) is 4.99. The molecule has 0 bridgehead atoms. The van der Waals surface area contributed by atoms with Gasteiger partial charge in [0.25, 0.3) is 5.56 Å². The summed E-state index contributed by atoms with van der Waals surface area (Å²) in [5, 5.41) is 10.8. The zero-order valence-electron chi connectivity index (χ0n) is 14.6. The van der Waals surface area contributed by atoms with Crippen LogP contribution >= 0.6 is 7.14 Å². The highest BCUT2D eigenvalue weighted by atomic mass is 31.2. The number of amides is 1. The summed E-state index contributed by atoms with van der Waals surface area (Å²) in [7, 11) is -2.13. The van der Waals surface area contributed by atoms with Crippen molar-refractivity contribution >= 4 is 23.8 Å². The van der Waals surface area contributed by atoms with Gasteiger partial charge in [-0.3, -0.25) is 9.59 Å². The van der Waals surface area contributed by atoms with Crippen LogP contribution in [-0.2, 0) is 15.8 Å². The van der Waals surface area contributed by atoms with E-state index in [1.54, 1.807) is 18.2 Å². The molecule has 7 heteroatoms. The number of fused-ring (bicyclic) bond motifs is 1. The van der Waals surface area contributed by atoms with Gasteiger partial charge < -0.3 is 9.88 Å². The molecular weight excluding hydrogens is 337 g/mol. The van der Waals surface area contributed by atoms with E-state index in [2.05, 4.69) is 15.5 Å². The van der Waals surface area contributed by atoms with E-state index >= 15 is 0 Å². The van der Waals surface area contributed by atoms with Crippen molar-refractivity contribution in [3.8, 4) is 0 Å². The Labute approximate surface area is 146 Å². The highest BCUT2D eigenvalue weighted by Crippen LogP contribution is 2.48. The number of benzene rings is 1. The molecule has 25 heavy (non-hydrogen) atoms. The second kappa shape index (κ2) is 7.12. The van der Waals surface area contributed by atoms with Gasteiger partial charge in [0.05, 0.1) is 24.6 Å². The van der Waals surface area contributed by atoms with Crippen LogP contribution in [-0.4, -0.2) is 41.1 Å². The number of rotatable bonds is 4. The Bertz CT molecular complexity index is 887. The second-order valence-corrected chi connectivity index (χ2v) is 10.8. The maximum atomic E-state index is 12.5. The van der Waals surface area contributed by atoms with E-state index in [9.17, 15) is 14.2 Å².